The number of halogens is 1. The van der Waals surface area contributed by atoms with Gasteiger partial charge in [-0.15, -0.1) is 0 Å². The molecule has 0 N–H and O–H groups in total. The molecule has 2 atom stereocenters. The monoisotopic (exact) mass is 362 g/mol. The van der Waals surface area contributed by atoms with Crippen molar-refractivity contribution in [2.24, 2.45) is 10.9 Å². The maximum absolute atomic E-state index is 12.4. The van der Waals surface area contributed by atoms with E-state index in [4.69, 9.17) is 4.74 Å². The Labute approximate surface area is 136 Å². The third kappa shape index (κ3) is 2.56. The van der Waals surface area contributed by atoms with E-state index in [9.17, 15) is 4.79 Å². The number of esters is 1. The lowest BCUT2D eigenvalue weighted by Crippen LogP contribution is -2.37. The van der Waals surface area contributed by atoms with Crippen LogP contribution in [0.4, 0.5) is 5.95 Å². The Morgan fingerprint density at radius 2 is 2.27 bits per heavy atom. The molecule has 0 saturated heterocycles. The molecule has 1 aromatic carbocycles. The van der Waals surface area contributed by atoms with Crippen LogP contribution in [-0.4, -0.2) is 33.1 Å². The van der Waals surface area contributed by atoms with Gasteiger partial charge in [-0.05, 0) is 31.5 Å². The quantitative estimate of drug-likeness (QED) is 0.787. The van der Waals surface area contributed by atoms with Crippen LogP contribution in [0, 0.1) is 5.92 Å². The van der Waals surface area contributed by atoms with Crippen molar-refractivity contribution in [2.45, 2.75) is 19.9 Å². The molecule has 6 nitrogen and oxygen atoms in total. The number of aromatic nitrogens is 3. The standard InChI is InChI=1S/C15H15BrN4O2/c1-3-22-14(21)12-9(2)19-15-17-8-18-20(15)13(12)10-5-4-6-11(16)7-10/h4-8,12-13H,3H2,1-2H3. The Balaban J connectivity index is 2.13. The van der Waals surface area contributed by atoms with Gasteiger partial charge in [-0.25, -0.2) is 9.67 Å². The van der Waals surface area contributed by atoms with Gasteiger partial charge in [-0.3, -0.25) is 4.79 Å². The second kappa shape index (κ2) is 6.00. The third-order valence-electron chi connectivity index (χ3n) is 3.59. The summed E-state index contributed by atoms with van der Waals surface area (Å²) in [5.41, 5.74) is 1.64. The SMILES string of the molecule is CCOC(=O)C1C(C)=Nc2ncnn2C1c1cccc(Br)c1. The lowest BCUT2D eigenvalue weighted by molar-refractivity contribution is -0.146. The van der Waals surface area contributed by atoms with E-state index in [0.717, 1.165) is 10.0 Å². The molecule has 22 heavy (non-hydrogen) atoms. The summed E-state index contributed by atoms with van der Waals surface area (Å²) < 4.78 is 7.85. The van der Waals surface area contributed by atoms with Crippen molar-refractivity contribution < 1.29 is 9.53 Å². The molecule has 1 aliphatic heterocycles. The summed E-state index contributed by atoms with van der Waals surface area (Å²) in [5.74, 6) is -0.304. The first-order valence-electron chi connectivity index (χ1n) is 6.98. The molecule has 0 amide bonds. The van der Waals surface area contributed by atoms with Gasteiger partial charge in [0, 0.05) is 10.2 Å². The van der Waals surface area contributed by atoms with Crippen LogP contribution in [0.5, 0.6) is 0 Å². The number of hydrogen-bond acceptors (Lipinski definition) is 5. The van der Waals surface area contributed by atoms with Crippen molar-refractivity contribution >= 4 is 33.6 Å². The average molecular weight is 363 g/mol. The second-order valence-corrected chi connectivity index (χ2v) is 5.90. The van der Waals surface area contributed by atoms with Crippen molar-refractivity contribution in [3.05, 3.63) is 40.6 Å². The molecule has 0 saturated carbocycles. The molecule has 2 heterocycles. The first-order chi connectivity index (χ1) is 10.6. The highest BCUT2D eigenvalue weighted by atomic mass is 79.9. The number of ether oxygens (including phenoxy) is 1. The van der Waals surface area contributed by atoms with Gasteiger partial charge in [0.15, 0.2) is 0 Å². The molecule has 0 bridgehead atoms. The Kier molecular flexibility index (Phi) is 4.06. The zero-order valence-electron chi connectivity index (χ0n) is 12.2. The maximum Gasteiger partial charge on any atom is 0.317 e. The number of nitrogens with zero attached hydrogens (tertiary/aromatic N) is 4. The van der Waals surface area contributed by atoms with Crippen molar-refractivity contribution in [1.29, 1.82) is 0 Å². The molecule has 0 fully saturated rings. The van der Waals surface area contributed by atoms with Crippen molar-refractivity contribution in [3.63, 3.8) is 0 Å². The molecular formula is C15H15BrN4O2. The van der Waals surface area contributed by atoms with Gasteiger partial charge in [-0.1, -0.05) is 28.1 Å². The summed E-state index contributed by atoms with van der Waals surface area (Å²) in [4.78, 5) is 21.0. The third-order valence-corrected chi connectivity index (χ3v) is 4.08. The Morgan fingerprint density at radius 1 is 1.45 bits per heavy atom. The zero-order chi connectivity index (χ0) is 15.7. The predicted molar refractivity (Wildman–Crippen MR) is 85.2 cm³/mol. The fraction of sp³-hybridized carbons (Fsp3) is 0.333. The van der Waals surface area contributed by atoms with Crippen LogP contribution in [0.25, 0.3) is 0 Å². The topological polar surface area (TPSA) is 69.4 Å². The summed E-state index contributed by atoms with van der Waals surface area (Å²) in [5, 5.41) is 4.25. The van der Waals surface area contributed by atoms with E-state index in [0.29, 0.717) is 18.3 Å². The van der Waals surface area contributed by atoms with Crippen molar-refractivity contribution in [2.75, 3.05) is 6.61 Å². The molecule has 0 radical (unpaired) electrons. The van der Waals surface area contributed by atoms with E-state index in [-0.39, 0.29) is 12.0 Å². The number of benzene rings is 1. The van der Waals surface area contributed by atoms with Gasteiger partial charge in [0.25, 0.3) is 0 Å². The average Bonchev–Trinajstić information content (AvgIpc) is 2.93. The molecule has 2 aromatic rings. The number of hydrogen-bond donors (Lipinski definition) is 0. The molecular weight excluding hydrogens is 348 g/mol. The fourth-order valence-corrected chi connectivity index (χ4v) is 3.09. The molecule has 0 spiro atoms. The molecule has 1 aromatic heterocycles. The smallest absolute Gasteiger partial charge is 0.317 e. The van der Waals surface area contributed by atoms with Gasteiger partial charge in [-0.2, -0.15) is 10.1 Å². The minimum absolute atomic E-state index is 0.296. The number of carbonyl (C=O) groups excluding carboxylic acids is 1. The van der Waals surface area contributed by atoms with E-state index in [1.165, 1.54) is 6.33 Å². The van der Waals surface area contributed by atoms with Crippen LogP contribution >= 0.6 is 15.9 Å². The van der Waals surface area contributed by atoms with Crippen molar-refractivity contribution in [1.82, 2.24) is 14.8 Å². The molecule has 114 valence electrons. The van der Waals surface area contributed by atoms with Crippen LogP contribution in [-0.2, 0) is 9.53 Å². The maximum atomic E-state index is 12.4. The summed E-state index contributed by atoms with van der Waals surface area (Å²) in [7, 11) is 0. The lowest BCUT2D eigenvalue weighted by Gasteiger charge is -2.29. The number of aliphatic imine (C=N–C) groups is 1. The molecule has 1 aliphatic rings. The van der Waals surface area contributed by atoms with E-state index in [1.54, 1.807) is 11.6 Å². The van der Waals surface area contributed by atoms with E-state index < -0.39 is 5.92 Å². The molecule has 3 rings (SSSR count). The van der Waals surface area contributed by atoms with Crippen LogP contribution in [0.3, 0.4) is 0 Å². The van der Waals surface area contributed by atoms with Gasteiger partial charge in [0.1, 0.15) is 12.2 Å². The highest BCUT2D eigenvalue weighted by molar-refractivity contribution is 9.10. The normalized spacial score (nSPS) is 20.2. The van der Waals surface area contributed by atoms with Gasteiger partial charge in [0.05, 0.1) is 12.6 Å². The summed E-state index contributed by atoms with van der Waals surface area (Å²) in [6, 6.07) is 7.49. The van der Waals surface area contributed by atoms with Gasteiger partial charge < -0.3 is 4.74 Å². The molecule has 7 heteroatoms. The van der Waals surface area contributed by atoms with E-state index >= 15 is 0 Å². The molecule has 0 aliphatic carbocycles. The van der Waals surface area contributed by atoms with Crippen molar-refractivity contribution in [3.8, 4) is 0 Å². The lowest BCUT2D eigenvalue weighted by atomic mass is 9.88. The highest BCUT2D eigenvalue weighted by Crippen LogP contribution is 2.36. The Hall–Kier alpha value is -2.02. The van der Waals surface area contributed by atoms with E-state index in [2.05, 4.69) is 31.0 Å². The summed E-state index contributed by atoms with van der Waals surface area (Å²) >= 11 is 3.47. The number of rotatable bonds is 3. The van der Waals surface area contributed by atoms with Crippen LogP contribution in [0.15, 0.2) is 40.1 Å². The zero-order valence-corrected chi connectivity index (χ0v) is 13.8. The minimum Gasteiger partial charge on any atom is -0.465 e. The fourth-order valence-electron chi connectivity index (χ4n) is 2.67. The van der Waals surface area contributed by atoms with Gasteiger partial charge in [0.2, 0.25) is 5.95 Å². The first-order valence-corrected chi connectivity index (χ1v) is 7.78. The highest BCUT2D eigenvalue weighted by Gasteiger charge is 2.39. The largest absolute Gasteiger partial charge is 0.465 e. The van der Waals surface area contributed by atoms with Gasteiger partial charge >= 0.3 is 5.97 Å². The summed E-state index contributed by atoms with van der Waals surface area (Å²) in [6.07, 6.45) is 1.45. The summed E-state index contributed by atoms with van der Waals surface area (Å²) in [6.45, 7) is 3.95. The van der Waals surface area contributed by atoms with Crippen LogP contribution in [0.2, 0.25) is 0 Å². The number of fused-ring (bicyclic) bond motifs is 1. The van der Waals surface area contributed by atoms with Crippen LogP contribution < -0.4 is 0 Å². The predicted octanol–water partition coefficient (Wildman–Crippen LogP) is 2.92. The minimum atomic E-state index is -0.511. The van der Waals surface area contributed by atoms with Crippen LogP contribution in [0.1, 0.15) is 25.5 Å². The number of carbonyl (C=O) groups is 1. The van der Waals surface area contributed by atoms with E-state index in [1.807, 2.05) is 31.2 Å². The first kappa shape index (κ1) is 14.9. The molecule has 2 unspecified atom stereocenters. The second-order valence-electron chi connectivity index (χ2n) is 4.99. The Bertz CT molecular complexity index is 741. The Morgan fingerprint density at radius 3 is 3.00 bits per heavy atom.